The molecule has 1 unspecified atom stereocenters. The first kappa shape index (κ1) is 16.8. The summed E-state index contributed by atoms with van der Waals surface area (Å²) >= 11 is 12.1. The van der Waals surface area contributed by atoms with Gasteiger partial charge in [0.2, 0.25) is 5.91 Å². The van der Waals surface area contributed by atoms with Crippen LogP contribution in [0.5, 0.6) is 0 Å². The molecule has 6 heteroatoms. The maximum atomic E-state index is 12.0. The van der Waals surface area contributed by atoms with E-state index in [-0.39, 0.29) is 17.2 Å². The molecule has 0 spiro atoms. The van der Waals surface area contributed by atoms with Gasteiger partial charge in [0.1, 0.15) is 4.33 Å². The first-order valence-corrected chi connectivity index (χ1v) is 7.72. The van der Waals surface area contributed by atoms with E-state index in [2.05, 4.69) is 17.2 Å². The number of hydrogen-bond acceptors (Lipinski definition) is 2. The van der Waals surface area contributed by atoms with Gasteiger partial charge in [-0.15, -0.1) is 23.2 Å². The minimum Gasteiger partial charge on any atom is -0.352 e. The molecule has 1 atom stereocenters. The van der Waals surface area contributed by atoms with Crippen molar-refractivity contribution in [2.75, 3.05) is 11.9 Å². The number of nitrogens with one attached hydrogen (secondary N) is 2. The average molecular weight is 341 g/mol. The summed E-state index contributed by atoms with van der Waals surface area (Å²) in [6, 6.07) is 6.64. The van der Waals surface area contributed by atoms with E-state index in [4.69, 9.17) is 23.2 Å². The maximum Gasteiger partial charge on any atom is 0.251 e. The van der Waals surface area contributed by atoms with Gasteiger partial charge in [0, 0.05) is 23.2 Å². The summed E-state index contributed by atoms with van der Waals surface area (Å²) in [5, 5.41) is 5.46. The molecule has 0 radical (unpaired) electrons. The van der Waals surface area contributed by atoms with Crippen LogP contribution in [0.4, 0.5) is 5.69 Å². The monoisotopic (exact) mass is 340 g/mol. The van der Waals surface area contributed by atoms with Crippen molar-refractivity contribution in [3.8, 4) is 0 Å². The number of carbonyl (C=O) groups is 2. The summed E-state index contributed by atoms with van der Waals surface area (Å²) in [5.74, 6) is -0.457. The summed E-state index contributed by atoms with van der Waals surface area (Å²) < 4.78 is -0.664. The Morgan fingerprint density at radius 3 is 2.41 bits per heavy atom. The quantitative estimate of drug-likeness (QED) is 0.614. The number of amides is 2. The number of benzene rings is 1. The topological polar surface area (TPSA) is 58.2 Å². The molecule has 1 saturated carbocycles. The summed E-state index contributed by atoms with van der Waals surface area (Å²) in [6.07, 6.45) is 2.67. The lowest BCUT2D eigenvalue weighted by Gasteiger charge is -2.12. The van der Waals surface area contributed by atoms with Crippen molar-refractivity contribution in [1.29, 1.82) is 0 Å². The number of rotatable bonds is 6. The molecule has 2 rings (SSSR count). The van der Waals surface area contributed by atoms with Crippen LogP contribution in [-0.2, 0) is 4.79 Å². The van der Waals surface area contributed by atoms with Crippen molar-refractivity contribution in [3.63, 3.8) is 0 Å². The highest BCUT2D eigenvalue weighted by Crippen LogP contribution is 2.65. The smallest absolute Gasteiger partial charge is 0.251 e. The van der Waals surface area contributed by atoms with E-state index in [1.807, 2.05) is 6.92 Å². The van der Waals surface area contributed by atoms with Crippen molar-refractivity contribution in [2.24, 2.45) is 5.41 Å². The molecular weight excluding hydrogens is 323 g/mol. The van der Waals surface area contributed by atoms with Gasteiger partial charge in [0.05, 0.1) is 0 Å². The van der Waals surface area contributed by atoms with Crippen LogP contribution in [0.2, 0.25) is 0 Å². The second-order valence-electron chi connectivity index (χ2n) is 5.72. The third kappa shape index (κ3) is 3.81. The number of hydrogen-bond donors (Lipinski definition) is 2. The van der Waals surface area contributed by atoms with Crippen molar-refractivity contribution < 1.29 is 9.59 Å². The fourth-order valence-electron chi connectivity index (χ4n) is 2.17. The molecule has 2 N–H and O–H groups in total. The van der Waals surface area contributed by atoms with E-state index in [1.165, 1.54) is 6.08 Å². The molecule has 0 aliphatic heterocycles. The van der Waals surface area contributed by atoms with Gasteiger partial charge in [0.15, 0.2) is 0 Å². The molecule has 0 heterocycles. The lowest BCUT2D eigenvalue weighted by molar-refractivity contribution is -0.111. The second kappa shape index (κ2) is 6.31. The van der Waals surface area contributed by atoms with E-state index in [0.29, 0.717) is 17.8 Å². The Balaban J connectivity index is 1.83. The first-order valence-electron chi connectivity index (χ1n) is 6.97. The molecule has 1 aliphatic carbocycles. The first-order chi connectivity index (χ1) is 10.3. The van der Waals surface area contributed by atoms with Crippen molar-refractivity contribution >= 4 is 40.7 Å². The van der Waals surface area contributed by atoms with Gasteiger partial charge in [0.25, 0.3) is 5.91 Å². The predicted molar refractivity (Wildman–Crippen MR) is 89.4 cm³/mol. The summed E-state index contributed by atoms with van der Waals surface area (Å²) in [7, 11) is 0. The Morgan fingerprint density at radius 1 is 1.32 bits per heavy atom. The minimum absolute atomic E-state index is 0.123. The molecular formula is C16H18Cl2N2O2. The number of carbonyl (C=O) groups excluding carboxylic acids is 2. The van der Waals surface area contributed by atoms with Crippen LogP contribution in [0, 0.1) is 5.41 Å². The fourth-order valence-corrected chi connectivity index (χ4v) is 2.95. The Bertz CT molecular complexity index is 599. The highest BCUT2D eigenvalue weighted by Gasteiger charge is 2.62. The lowest BCUT2D eigenvalue weighted by Crippen LogP contribution is -2.26. The Hall–Kier alpha value is -1.52. The van der Waals surface area contributed by atoms with Gasteiger partial charge in [-0.3, -0.25) is 9.59 Å². The zero-order valence-electron chi connectivity index (χ0n) is 12.3. The van der Waals surface area contributed by atoms with Crippen molar-refractivity contribution in [1.82, 2.24) is 5.32 Å². The van der Waals surface area contributed by atoms with Crippen LogP contribution < -0.4 is 10.6 Å². The van der Waals surface area contributed by atoms with Gasteiger partial charge in [-0.1, -0.05) is 13.5 Å². The fraction of sp³-hybridized carbons (Fsp3) is 0.375. The number of anilines is 1. The Morgan fingerprint density at radius 2 is 1.91 bits per heavy atom. The SMILES string of the molecule is C=CC(=O)Nc1ccc(C(=O)NCCC2(C)CC2(Cl)Cl)cc1. The number of halogens is 2. The van der Waals surface area contributed by atoms with Crippen LogP contribution in [0.1, 0.15) is 30.1 Å². The predicted octanol–water partition coefficient (Wildman–Crippen LogP) is 3.51. The Labute approximate surface area is 139 Å². The van der Waals surface area contributed by atoms with Gasteiger partial charge < -0.3 is 10.6 Å². The molecule has 1 aromatic carbocycles. The van der Waals surface area contributed by atoms with E-state index in [9.17, 15) is 9.59 Å². The maximum absolute atomic E-state index is 12.0. The summed E-state index contributed by atoms with van der Waals surface area (Å²) in [6.45, 7) is 5.91. The molecule has 2 amide bonds. The van der Waals surface area contributed by atoms with Crippen LogP contribution >= 0.6 is 23.2 Å². The standard InChI is InChI=1S/C16H18Cl2N2O2/c1-3-13(21)20-12-6-4-11(5-7-12)14(22)19-9-8-15(2)10-16(15,17)18/h3-7H,1,8-10H2,2H3,(H,19,22)(H,20,21). The van der Waals surface area contributed by atoms with Crippen LogP contribution in [0.3, 0.4) is 0 Å². The normalized spacial score (nSPS) is 21.8. The van der Waals surface area contributed by atoms with Gasteiger partial charge in [-0.25, -0.2) is 0 Å². The second-order valence-corrected chi connectivity index (χ2v) is 7.20. The molecule has 0 aromatic heterocycles. The molecule has 1 aliphatic rings. The molecule has 4 nitrogen and oxygen atoms in total. The van der Waals surface area contributed by atoms with E-state index >= 15 is 0 Å². The Kier molecular flexibility index (Phi) is 4.83. The third-order valence-electron chi connectivity index (χ3n) is 3.93. The van der Waals surface area contributed by atoms with Gasteiger partial charge >= 0.3 is 0 Å². The lowest BCUT2D eigenvalue weighted by atomic mass is 10.1. The molecule has 0 saturated heterocycles. The molecule has 1 aromatic rings. The largest absolute Gasteiger partial charge is 0.352 e. The van der Waals surface area contributed by atoms with Gasteiger partial charge in [-0.2, -0.15) is 0 Å². The van der Waals surface area contributed by atoms with Gasteiger partial charge in [-0.05, 0) is 43.2 Å². The van der Waals surface area contributed by atoms with Crippen LogP contribution in [0.15, 0.2) is 36.9 Å². The van der Waals surface area contributed by atoms with E-state index in [0.717, 1.165) is 12.8 Å². The molecule has 118 valence electrons. The van der Waals surface area contributed by atoms with E-state index < -0.39 is 4.33 Å². The molecule has 1 fully saturated rings. The average Bonchev–Trinajstić information content (AvgIpc) is 2.97. The highest BCUT2D eigenvalue weighted by molar-refractivity contribution is 6.51. The third-order valence-corrected chi connectivity index (χ3v) is 5.11. The van der Waals surface area contributed by atoms with Crippen molar-refractivity contribution in [3.05, 3.63) is 42.5 Å². The van der Waals surface area contributed by atoms with Crippen LogP contribution in [-0.4, -0.2) is 22.7 Å². The van der Waals surface area contributed by atoms with Crippen molar-refractivity contribution in [2.45, 2.75) is 24.1 Å². The highest BCUT2D eigenvalue weighted by atomic mass is 35.5. The minimum atomic E-state index is -0.664. The zero-order chi connectivity index (χ0) is 16.4. The summed E-state index contributed by atoms with van der Waals surface area (Å²) in [5.41, 5.74) is 1.02. The molecule has 22 heavy (non-hydrogen) atoms. The zero-order valence-corrected chi connectivity index (χ0v) is 13.8. The van der Waals surface area contributed by atoms with E-state index in [1.54, 1.807) is 24.3 Å². The van der Waals surface area contributed by atoms with Crippen LogP contribution in [0.25, 0.3) is 0 Å². The molecule has 0 bridgehead atoms. The summed E-state index contributed by atoms with van der Waals surface area (Å²) in [4.78, 5) is 23.2. The number of alkyl halides is 2.